The maximum atomic E-state index is 11.0. The molecule has 3 aromatic rings. The molecule has 0 saturated heterocycles. The van der Waals surface area contributed by atoms with Crippen LogP contribution in [0.15, 0.2) is 35.5 Å². The van der Waals surface area contributed by atoms with Gasteiger partial charge in [0.05, 0.1) is 0 Å². The van der Waals surface area contributed by atoms with Gasteiger partial charge in [-0.25, -0.2) is 0 Å². The molecule has 6 nitrogen and oxygen atoms in total. The third-order valence-electron chi connectivity index (χ3n) is 4.62. The Hall–Kier alpha value is -2.80. The molecular formula is C21H24N4O2S. The van der Waals surface area contributed by atoms with Gasteiger partial charge < -0.3 is 10.1 Å². The largest absolute Gasteiger partial charge is 0.486 e. The van der Waals surface area contributed by atoms with Crippen molar-refractivity contribution < 1.29 is 4.74 Å². The molecule has 0 unspecified atom stereocenters. The van der Waals surface area contributed by atoms with Crippen molar-refractivity contribution in [1.82, 2.24) is 10.2 Å². The van der Waals surface area contributed by atoms with E-state index >= 15 is 0 Å². The molecule has 1 N–H and O–H groups in total. The molecule has 0 amide bonds. The van der Waals surface area contributed by atoms with E-state index in [9.17, 15) is 4.91 Å². The second kappa shape index (κ2) is 8.48. The maximum Gasteiger partial charge on any atom is 0.210 e. The first kappa shape index (κ1) is 19.9. The minimum atomic E-state index is 0.215. The molecule has 0 fully saturated rings. The fourth-order valence-electron chi connectivity index (χ4n) is 2.81. The van der Waals surface area contributed by atoms with Gasteiger partial charge in [-0.15, -0.1) is 15.1 Å². The Labute approximate surface area is 169 Å². The molecule has 0 spiro atoms. The fraction of sp³-hybridized carbons (Fsp3) is 0.333. The van der Waals surface area contributed by atoms with Crippen LogP contribution < -0.4 is 10.1 Å². The van der Waals surface area contributed by atoms with Gasteiger partial charge in [0.25, 0.3) is 0 Å². The monoisotopic (exact) mass is 396 g/mol. The Morgan fingerprint density at radius 2 is 1.86 bits per heavy atom. The van der Waals surface area contributed by atoms with Gasteiger partial charge in [0.1, 0.15) is 18.0 Å². The number of rotatable bonds is 7. The van der Waals surface area contributed by atoms with Crippen LogP contribution in [0.5, 0.6) is 5.75 Å². The Balaban J connectivity index is 1.71. The molecule has 3 rings (SSSR count). The number of nitroso groups, excluding NO2 is 1. The Morgan fingerprint density at radius 1 is 1.07 bits per heavy atom. The van der Waals surface area contributed by atoms with E-state index in [1.165, 1.54) is 22.5 Å². The van der Waals surface area contributed by atoms with Crippen LogP contribution in [0.1, 0.15) is 47.0 Å². The summed E-state index contributed by atoms with van der Waals surface area (Å²) in [6, 6.07) is 9.86. The number of benzene rings is 2. The minimum Gasteiger partial charge on any atom is -0.486 e. The first-order chi connectivity index (χ1) is 13.4. The van der Waals surface area contributed by atoms with E-state index in [-0.39, 0.29) is 5.92 Å². The number of hydrogen-bond acceptors (Lipinski definition) is 7. The molecule has 0 bridgehead atoms. The van der Waals surface area contributed by atoms with Crippen LogP contribution in [0.4, 0.5) is 16.5 Å². The van der Waals surface area contributed by atoms with E-state index in [1.54, 1.807) is 6.07 Å². The highest BCUT2D eigenvalue weighted by Gasteiger charge is 2.14. The predicted molar refractivity (Wildman–Crippen MR) is 114 cm³/mol. The van der Waals surface area contributed by atoms with Crippen molar-refractivity contribution >= 4 is 27.8 Å². The molecular weight excluding hydrogens is 372 g/mol. The van der Waals surface area contributed by atoms with Crippen LogP contribution in [0.25, 0.3) is 0 Å². The molecule has 0 aliphatic carbocycles. The number of aromatic nitrogens is 2. The third kappa shape index (κ3) is 4.54. The Morgan fingerprint density at radius 3 is 2.54 bits per heavy atom. The normalized spacial score (nSPS) is 10.9. The highest BCUT2D eigenvalue weighted by Crippen LogP contribution is 2.34. The maximum absolute atomic E-state index is 11.0. The van der Waals surface area contributed by atoms with E-state index in [0.29, 0.717) is 12.3 Å². The molecule has 0 aliphatic rings. The highest BCUT2D eigenvalue weighted by molar-refractivity contribution is 7.15. The molecule has 0 atom stereocenters. The van der Waals surface area contributed by atoms with E-state index in [2.05, 4.69) is 60.5 Å². The van der Waals surface area contributed by atoms with Gasteiger partial charge in [-0.05, 0) is 78.4 Å². The summed E-state index contributed by atoms with van der Waals surface area (Å²) in [7, 11) is 0. The van der Waals surface area contributed by atoms with Gasteiger partial charge in [0, 0.05) is 5.69 Å². The van der Waals surface area contributed by atoms with E-state index in [4.69, 9.17) is 4.74 Å². The van der Waals surface area contributed by atoms with E-state index in [0.717, 1.165) is 32.7 Å². The van der Waals surface area contributed by atoms with Crippen LogP contribution in [0.2, 0.25) is 0 Å². The average Bonchev–Trinajstić information content (AvgIpc) is 3.10. The Kier molecular flexibility index (Phi) is 6.04. The van der Waals surface area contributed by atoms with E-state index < -0.39 is 0 Å². The number of aryl methyl sites for hydroxylation is 3. The Bertz CT molecular complexity index is 998. The van der Waals surface area contributed by atoms with Crippen molar-refractivity contribution in [3.8, 4) is 5.75 Å². The molecule has 146 valence electrons. The zero-order valence-electron chi connectivity index (χ0n) is 16.7. The fourth-order valence-corrected chi connectivity index (χ4v) is 3.48. The van der Waals surface area contributed by atoms with Crippen molar-refractivity contribution in [1.29, 1.82) is 0 Å². The number of hydrogen-bond donors (Lipinski definition) is 1. The molecule has 1 heterocycles. The lowest BCUT2D eigenvalue weighted by Crippen LogP contribution is -2.00. The predicted octanol–water partition coefficient (Wildman–Crippen LogP) is 6.31. The van der Waals surface area contributed by atoms with Crippen LogP contribution >= 0.6 is 11.3 Å². The van der Waals surface area contributed by atoms with Crippen LogP contribution in [-0.2, 0) is 6.61 Å². The zero-order chi connectivity index (χ0) is 20.3. The van der Waals surface area contributed by atoms with Crippen molar-refractivity contribution in [2.45, 2.75) is 47.1 Å². The topological polar surface area (TPSA) is 76.5 Å². The lowest BCUT2D eigenvalue weighted by molar-refractivity contribution is 0.300. The van der Waals surface area contributed by atoms with E-state index in [1.807, 2.05) is 19.1 Å². The lowest BCUT2D eigenvalue weighted by atomic mass is 9.99. The summed E-state index contributed by atoms with van der Waals surface area (Å²) < 4.78 is 6.00. The second-order valence-corrected chi connectivity index (χ2v) is 8.20. The summed E-state index contributed by atoms with van der Waals surface area (Å²) in [6.45, 7) is 10.5. The van der Waals surface area contributed by atoms with Gasteiger partial charge in [0.2, 0.25) is 5.13 Å². The molecule has 1 aromatic heterocycles. The number of nitrogens with one attached hydrogen (secondary N) is 1. The number of ether oxygens (including phenoxy) is 1. The second-order valence-electron chi connectivity index (χ2n) is 7.14. The smallest absolute Gasteiger partial charge is 0.210 e. The quantitative estimate of drug-likeness (QED) is 0.474. The molecule has 0 saturated carbocycles. The third-order valence-corrected chi connectivity index (χ3v) is 5.44. The minimum absolute atomic E-state index is 0.215. The van der Waals surface area contributed by atoms with Gasteiger partial charge in [-0.3, -0.25) is 0 Å². The summed E-state index contributed by atoms with van der Waals surface area (Å²) in [5, 5.41) is 16.3. The van der Waals surface area contributed by atoms with Gasteiger partial charge in [0.15, 0.2) is 5.01 Å². The van der Waals surface area contributed by atoms with Crippen molar-refractivity contribution in [3.05, 3.63) is 62.5 Å². The first-order valence-corrected chi connectivity index (χ1v) is 9.96. The number of nitrogens with zero attached hydrogens (tertiary/aromatic N) is 3. The summed E-state index contributed by atoms with van der Waals surface area (Å²) in [5.74, 6) is 0.964. The van der Waals surface area contributed by atoms with Crippen molar-refractivity contribution in [2.24, 2.45) is 5.18 Å². The summed E-state index contributed by atoms with van der Waals surface area (Å²) in [6.07, 6.45) is 0. The molecule has 7 heteroatoms. The highest BCUT2D eigenvalue weighted by atomic mass is 32.1. The van der Waals surface area contributed by atoms with Crippen LogP contribution in [0, 0.1) is 25.7 Å². The standard InChI is InChI=1S/C21H24N4O2S/c1-12(2)17-10-18(25-26)15(5)9-19(17)27-11-20-23-24-21(28-20)22-16-7-6-13(3)14(4)8-16/h6-10,12H,11H2,1-5H3,(H,22,24). The molecule has 28 heavy (non-hydrogen) atoms. The van der Waals surface area contributed by atoms with Crippen LogP contribution in [0.3, 0.4) is 0 Å². The molecule has 0 aliphatic heterocycles. The number of anilines is 2. The SMILES string of the molecule is Cc1ccc(Nc2nnc(COc3cc(C)c(N=O)cc3C(C)C)s2)cc1C. The average molecular weight is 397 g/mol. The van der Waals surface area contributed by atoms with Gasteiger partial charge in [-0.1, -0.05) is 31.3 Å². The van der Waals surface area contributed by atoms with Gasteiger partial charge >= 0.3 is 0 Å². The van der Waals surface area contributed by atoms with Crippen LogP contribution in [-0.4, -0.2) is 10.2 Å². The first-order valence-electron chi connectivity index (χ1n) is 9.14. The van der Waals surface area contributed by atoms with Crippen molar-refractivity contribution in [3.63, 3.8) is 0 Å². The zero-order valence-corrected chi connectivity index (χ0v) is 17.6. The summed E-state index contributed by atoms with van der Waals surface area (Å²) in [5.41, 5.74) is 5.67. The lowest BCUT2D eigenvalue weighted by Gasteiger charge is -2.15. The molecule has 2 aromatic carbocycles. The molecule has 0 radical (unpaired) electrons. The summed E-state index contributed by atoms with van der Waals surface area (Å²) in [4.78, 5) is 11.0. The van der Waals surface area contributed by atoms with Gasteiger partial charge in [-0.2, -0.15) is 0 Å². The van der Waals surface area contributed by atoms with Crippen molar-refractivity contribution in [2.75, 3.05) is 5.32 Å². The summed E-state index contributed by atoms with van der Waals surface area (Å²) >= 11 is 1.46.